The number of ether oxygens (including phenoxy) is 1. The first-order valence-corrected chi connectivity index (χ1v) is 14.8. The molecule has 0 spiro atoms. The van der Waals surface area contributed by atoms with Crippen molar-refractivity contribution in [3.8, 4) is 5.75 Å². The second kappa shape index (κ2) is 11.1. The number of hydrogen-bond acceptors (Lipinski definition) is 7. The van der Waals surface area contributed by atoms with Crippen LogP contribution in [0.4, 0.5) is 4.39 Å². The average Bonchev–Trinajstić information content (AvgIpc) is 3.33. The number of aromatic nitrogens is 4. The summed E-state index contributed by atoms with van der Waals surface area (Å²) in [6.45, 7) is 5.20. The van der Waals surface area contributed by atoms with E-state index < -0.39 is 5.54 Å². The Bertz CT molecular complexity index is 1640. The number of rotatable bonds is 5. The van der Waals surface area contributed by atoms with Gasteiger partial charge in [0.2, 0.25) is 5.91 Å². The number of pyridine rings is 2. The van der Waals surface area contributed by atoms with Crippen molar-refractivity contribution in [2.24, 2.45) is 0 Å². The lowest BCUT2D eigenvalue weighted by Gasteiger charge is -2.35. The molecule has 9 nitrogen and oxygen atoms in total. The van der Waals surface area contributed by atoms with Gasteiger partial charge in [-0.3, -0.25) is 14.6 Å². The van der Waals surface area contributed by atoms with Crippen LogP contribution in [0, 0.1) is 5.82 Å². The van der Waals surface area contributed by atoms with Gasteiger partial charge in [-0.2, -0.15) is 0 Å². The maximum atomic E-state index is 13.9. The van der Waals surface area contributed by atoms with E-state index >= 15 is 0 Å². The van der Waals surface area contributed by atoms with E-state index in [4.69, 9.17) is 21.3 Å². The third-order valence-corrected chi connectivity index (χ3v) is 8.69. The number of hydrogen-bond donors (Lipinski definition) is 2. The van der Waals surface area contributed by atoms with Gasteiger partial charge in [-0.25, -0.2) is 14.4 Å². The van der Waals surface area contributed by atoms with Crippen molar-refractivity contribution in [1.29, 1.82) is 0 Å². The lowest BCUT2D eigenvalue weighted by Crippen LogP contribution is -2.41. The van der Waals surface area contributed by atoms with E-state index in [0.717, 1.165) is 48.2 Å². The SMILES string of the molecule is CC(=O)NC(C)(C)c1nccc([C@H]2CC3C(=CN2)CCCCc2cc(OC4CCc5cc(F)cnc54)c(Cl)c(=O)n23)n1. The maximum Gasteiger partial charge on any atom is 0.273 e. The standard InChI is InChI=1S/C31H34ClFN6O3/c1-17(40)38-31(2,3)30-34-11-10-22(37-30)23-14-24-19(15-35-23)6-4-5-7-21-13-26(27(32)29(41)39(21)24)42-25-9-8-18-12-20(33)16-36-28(18)25/h10-13,15-16,23-25,35H,4-9,14H2,1-3H3,(H,38,40)/t23-,24?,25?/m1/s1. The van der Waals surface area contributed by atoms with E-state index in [1.807, 2.05) is 36.7 Å². The van der Waals surface area contributed by atoms with Gasteiger partial charge in [0.1, 0.15) is 22.7 Å². The fraction of sp³-hybridized carbons (Fsp3) is 0.452. The number of allylic oxidation sites excluding steroid dienone is 1. The van der Waals surface area contributed by atoms with Crippen LogP contribution in [0.3, 0.4) is 0 Å². The van der Waals surface area contributed by atoms with Crippen molar-refractivity contribution < 1.29 is 13.9 Å². The van der Waals surface area contributed by atoms with E-state index in [1.54, 1.807) is 6.20 Å². The summed E-state index contributed by atoms with van der Waals surface area (Å²) in [6.07, 6.45) is 9.93. The summed E-state index contributed by atoms with van der Waals surface area (Å²) in [6, 6.07) is 4.86. The number of fused-ring (bicyclic) bond motifs is 4. The first-order chi connectivity index (χ1) is 20.1. The summed E-state index contributed by atoms with van der Waals surface area (Å²) in [7, 11) is 0. The number of nitrogens with zero attached hydrogens (tertiary/aromatic N) is 4. The molecule has 42 heavy (non-hydrogen) atoms. The number of carbonyl (C=O) groups is 1. The molecule has 0 radical (unpaired) electrons. The molecule has 6 rings (SSSR count). The first kappa shape index (κ1) is 28.3. The molecule has 0 saturated heterocycles. The molecule has 11 heteroatoms. The molecule has 2 aliphatic heterocycles. The topological polar surface area (TPSA) is 111 Å². The number of aryl methyl sites for hydroxylation is 2. The molecule has 5 heterocycles. The predicted molar refractivity (Wildman–Crippen MR) is 156 cm³/mol. The Morgan fingerprint density at radius 1 is 1.21 bits per heavy atom. The average molecular weight is 593 g/mol. The largest absolute Gasteiger partial charge is 0.482 e. The third kappa shape index (κ3) is 5.40. The predicted octanol–water partition coefficient (Wildman–Crippen LogP) is 5.15. The minimum atomic E-state index is -0.741. The highest BCUT2D eigenvalue weighted by Gasteiger charge is 2.34. The maximum absolute atomic E-state index is 13.9. The van der Waals surface area contributed by atoms with E-state index in [2.05, 4.69) is 20.6 Å². The van der Waals surface area contributed by atoms with Crippen LogP contribution < -0.4 is 20.9 Å². The Kier molecular flexibility index (Phi) is 7.51. The lowest BCUT2D eigenvalue weighted by molar-refractivity contribution is -0.120. The van der Waals surface area contributed by atoms with Crippen molar-refractivity contribution in [3.05, 3.63) is 92.0 Å². The molecule has 3 aromatic heterocycles. The van der Waals surface area contributed by atoms with Gasteiger partial charge in [0.25, 0.3) is 5.56 Å². The van der Waals surface area contributed by atoms with Crippen LogP contribution in [0.15, 0.2) is 47.2 Å². The molecule has 1 aliphatic carbocycles. The zero-order valence-electron chi connectivity index (χ0n) is 23.9. The first-order valence-electron chi connectivity index (χ1n) is 14.4. The van der Waals surface area contributed by atoms with Crippen LogP contribution in [0.1, 0.15) is 99.5 Å². The summed E-state index contributed by atoms with van der Waals surface area (Å²) < 4.78 is 21.8. The Morgan fingerprint density at radius 3 is 2.83 bits per heavy atom. The van der Waals surface area contributed by atoms with Crippen molar-refractivity contribution in [2.45, 2.75) is 89.4 Å². The Balaban J connectivity index is 1.32. The van der Waals surface area contributed by atoms with Gasteiger partial charge in [0.15, 0.2) is 5.82 Å². The molecule has 1 amide bonds. The molecule has 220 valence electrons. The van der Waals surface area contributed by atoms with Gasteiger partial charge in [-0.1, -0.05) is 11.6 Å². The second-order valence-corrected chi connectivity index (χ2v) is 12.2. The van der Waals surface area contributed by atoms with Gasteiger partial charge < -0.3 is 19.9 Å². The van der Waals surface area contributed by atoms with Crippen molar-refractivity contribution >= 4 is 17.5 Å². The molecule has 3 atom stereocenters. The zero-order valence-corrected chi connectivity index (χ0v) is 24.7. The van der Waals surface area contributed by atoms with Gasteiger partial charge in [-0.05, 0) is 88.3 Å². The minimum absolute atomic E-state index is 0.0331. The van der Waals surface area contributed by atoms with Gasteiger partial charge in [-0.15, -0.1) is 0 Å². The highest BCUT2D eigenvalue weighted by molar-refractivity contribution is 6.31. The van der Waals surface area contributed by atoms with E-state index in [0.29, 0.717) is 36.5 Å². The molecular formula is C31H34ClFN6O3. The summed E-state index contributed by atoms with van der Waals surface area (Å²) in [5.41, 5.74) is 3.27. The Morgan fingerprint density at radius 2 is 2.02 bits per heavy atom. The molecular weight excluding hydrogens is 559 g/mol. The molecule has 3 aliphatic rings. The van der Waals surface area contributed by atoms with Crippen molar-refractivity contribution in [2.75, 3.05) is 0 Å². The number of amides is 1. The van der Waals surface area contributed by atoms with Crippen molar-refractivity contribution in [1.82, 2.24) is 30.2 Å². The van der Waals surface area contributed by atoms with Crippen molar-refractivity contribution in [3.63, 3.8) is 0 Å². The number of halogens is 2. The van der Waals surface area contributed by atoms with Crippen LogP contribution in [-0.2, 0) is 23.2 Å². The van der Waals surface area contributed by atoms with Gasteiger partial charge in [0, 0.05) is 24.9 Å². The van der Waals surface area contributed by atoms with Crippen LogP contribution in [0.5, 0.6) is 5.75 Å². The fourth-order valence-corrected chi connectivity index (χ4v) is 6.57. The molecule has 0 fully saturated rings. The summed E-state index contributed by atoms with van der Waals surface area (Å²) in [4.78, 5) is 39.2. The molecule has 2 unspecified atom stereocenters. The molecule has 2 N–H and O–H groups in total. The van der Waals surface area contributed by atoms with Gasteiger partial charge in [0.05, 0.1) is 35.2 Å². The normalized spacial score (nSPS) is 21.5. The molecule has 3 aromatic rings. The van der Waals surface area contributed by atoms with E-state index in [9.17, 15) is 14.0 Å². The Hall–Kier alpha value is -3.79. The zero-order chi connectivity index (χ0) is 29.6. The van der Waals surface area contributed by atoms with Crippen LogP contribution in [0.25, 0.3) is 0 Å². The van der Waals surface area contributed by atoms with E-state index in [1.165, 1.54) is 19.2 Å². The third-order valence-electron chi connectivity index (χ3n) is 8.35. The summed E-state index contributed by atoms with van der Waals surface area (Å²) in [5.74, 6) is 0.322. The van der Waals surface area contributed by atoms with E-state index in [-0.39, 0.29) is 40.5 Å². The summed E-state index contributed by atoms with van der Waals surface area (Å²) >= 11 is 6.72. The van der Waals surface area contributed by atoms with Crippen LogP contribution in [0.2, 0.25) is 5.02 Å². The second-order valence-electron chi connectivity index (χ2n) is 11.8. The fourth-order valence-electron chi connectivity index (χ4n) is 6.38. The Labute approximate surface area is 248 Å². The summed E-state index contributed by atoms with van der Waals surface area (Å²) in [5, 5.41) is 6.43. The molecule has 0 aromatic carbocycles. The molecule has 0 saturated carbocycles. The number of nitrogens with one attached hydrogen (secondary N) is 2. The monoisotopic (exact) mass is 592 g/mol. The van der Waals surface area contributed by atoms with Crippen LogP contribution in [-0.4, -0.2) is 25.4 Å². The lowest BCUT2D eigenvalue weighted by atomic mass is 9.88. The highest BCUT2D eigenvalue weighted by atomic mass is 35.5. The van der Waals surface area contributed by atoms with Gasteiger partial charge >= 0.3 is 0 Å². The molecule has 0 bridgehead atoms. The van der Waals surface area contributed by atoms with Crippen LogP contribution >= 0.6 is 11.6 Å². The minimum Gasteiger partial charge on any atom is -0.482 e. The number of carbonyl (C=O) groups excluding carboxylic acids is 1. The highest BCUT2D eigenvalue weighted by Crippen LogP contribution is 2.40. The smallest absolute Gasteiger partial charge is 0.273 e. The quantitative estimate of drug-likeness (QED) is 0.421.